The van der Waals surface area contributed by atoms with Crippen molar-refractivity contribution in [3.8, 4) is 0 Å². The number of rotatable bonds is 10. The molecule has 1 aliphatic heterocycles. The number of benzene rings is 2. The van der Waals surface area contributed by atoms with E-state index in [0.29, 0.717) is 12.2 Å². The zero-order valence-electron chi connectivity index (χ0n) is 19.7. The maximum Gasteiger partial charge on any atom is 0.242 e. The molecule has 1 saturated heterocycles. The van der Waals surface area contributed by atoms with Crippen molar-refractivity contribution in [1.29, 1.82) is 0 Å². The van der Waals surface area contributed by atoms with Crippen LogP contribution in [0.4, 0.5) is 8.78 Å². The molecule has 0 atom stereocenters. The van der Waals surface area contributed by atoms with Crippen molar-refractivity contribution in [2.45, 2.75) is 72.0 Å². The molecule has 3 rings (SSSR count). The van der Waals surface area contributed by atoms with Crippen LogP contribution in [-0.2, 0) is 24.2 Å². The summed E-state index contributed by atoms with van der Waals surface area (Å²) >= 11 is 0. The van der Waals surface area contributed by atoms with E-state index < -0.39 is 6.43 Å². The van der Waals surface area contributed by atoms with E-state index in [9.17, 15) is 8.78 Å². The Morgan fingerprint density at radius 2 is 1.59 bits per heavy atom. The molecule has 32 heavy (non-hydrogen) atoms. The first-order valence-electron chi connectivity index (χ1n) is 11.8. The smallest absolute Gasteiger partial charge is 0.242 e. The quantitative estimate of drug-likeness (QED) is 0.389. The lowest BCUT2D eigenvalue weighted by atomic mass is 9.71. The van der Waals surface area contributed by atoms with E-state index in [-0.39, 0.29) is 17.9 Å². The predicted octanol–water partition coefficient (Wildman–Crippen LogP) is 7.12. The Hall–Kier alpha value is -2.20. The number of nitrogens with zero attached hydrogens (tertiary/aromatic N) is 1. The van der Waals surface area contributed by atoms with Gasteiger partial charge in [0.1, 0.15) is 0 Å². The largest absolute Gasteiger partial charge is 0.374 e. The fourth-order valence-corrected chi connectivity index (χ4v) is 4.75. The number of alkyl halides is 2. The minimum absolute atomic E-state index is 0.213. The van der Waals surface area contributed by atoms with E-state index >= 15 is 0 Å². The molecule has 2 nitrogen and oxygen atoms in total. The molecule has 0 N–H and O–H groups in total. The third kappa shape index (κ3) is 6.19. The molecule has 0 bridgehead atoms. The second-order valence-corrected chi connectivity index (χ2v) is 9.34. The lowest BCUT2D eigenvalue weighted by Crippen LogP contribution is -2.40. The maximum atomic E-state index is 13.0. The third-order valence-electron chi connectivity index (χ3n) is 6.91. The molecule has 4 heteroatoms. The van der Waals surface area contributed by atoms with Crippen LogP contribution in [0.15, 0.2) is 55.1 Å². The average molecular weight is 442 g/mol. The summed E-state index contributed by atoms with van der Waals surface area (Å²) < 4.78 is 32.0. The van der Waals surface area contributed by atoms with Crippen LogP contribution in [0, 0.1) is 5.41 Å². The molecule has 0 radical (unpaired) electrons. The fourth-order valence-electron chi connectivity index (χ4n) is 4.75. The summed E-state index contributed by atoms with van der Waals surface area (Å²) in [7, 11) is 0. The van der Waals surface area contributed by atoms with Crippen molar-refractivity contribution in [1.82, 2.24) is 4.90 Å². The zero-order chi connectivity index (χ0) is 23.1. The molecular formula is C28H37F2NO. The molecule has 174 valence electrons. The van der Waals surface area contributed by atoms with Crippen molar-refractivity contribution >= 4 is 5.70 Å². The van der Waals surface area contributed by atoms with E-state index in [1.54, 1.807) is 6.07 Å². The van der Waals surface area contributed by atoms with Gasteiger partial charge in [-0.3, -0.25) is 0 Å². The summed E-state index contributed by atoms with van der Waals surface area (Å²) in [6.45, 7) is 13.2. The van der Waals surface area contributed by atoms with Crippen molar-refractivity contribution in [3.63, 3.8) is 0 Å². The van der Waals surface area contributed by atoms with Crippen LogP contribution in [0.25, 0.3) is 5.70 Å². The van der Waals surface area contributed by atoms with Gasteiger partial charge in [0.05, 0.1) is 12.7 Å². The van der Waals surface area contributed by atoms with Gasteiger partial charge in [0, 0.05) is 30.8 Å². The van der Waals surface area contributed by atoms with Crippen molar-refractivity contribution in [3.05, 3.63) is 77.4 Å². The number of hydrogen-bond donors (Lipinski definition) is 0. The van der Waals surface area contributed by atoms with Gasteiger partial charge in [-0.05, 0) is 55.2 Å². The van der Waals surface area contributed by atoms with Crippen LogP contribution in [0.1, 0.15) is 62.3 Å². The highest BCUT2D eigenvalue weighted by molar-refractivity contribution is 5.65. The van der Waals surface area contributed by atoms with E-state index in [4.69, 9.17) is 4.74 Å². The number of piperidine rings is 1. The van der Waals surface area contributed by atoms with Gasteiger partial charge in [0.15, 0.2) is 0 Å². The molecule has 2 aromatic rings. The molecular weight excluding hydrogens is 404 g/mol. The minimum atomic E-state index is -2.35. The van der Waals surface area contributed by atoms with Crippen LogP contribution < -0.4 is 0 Å². The molecule has 1 aliphatic rings. The molecule has 1 heterocycles. The first-order valence-corrected chi connectivity index (χ1v) is 11.8. The number of hydrogen-bond acceptors (Lipinski definition) is 2. The predicted molar refractivity (Wildman–Crippen MR) is 129 cm³/mol. The fraction of sp³-hybridized carbons (Fsp3) is 0.500. The lowest BCUT2D eigenvalue weighted by molar-refractivity contribution is 0.0644. The van der Waals surface area contributed by atoms with Crippen LogP contribution in [0.5, 0.6) is 0 Å². The Labute approximate surface area is 192 Å². The molecule has 0 unspecified atom stereocenters. The van der Waals surface area contributed by atoms with Crippen LogP contribution in [-0.4, -0.2) is 30.5 Å². The van der Waals surface area contributed by atoms with E-state index in [0.717, 1.165) is 50.0 Å². The zero-order valence-corrected chi connectivity index (χ0v) is 19.7. The first kappa shape index (κ1) is 24.4. The summed E-state index contributed by atoms with van der Waals surface area (Å²) in [5.41, 5.74) is 5.31. The molecule has 0 aliphatic carbocycles. The Balaban J connectivity index is 1.69. The molecule has 0 spiro atoms. The number of ether oxygens (including phenoxy) is 1. The average Bonchev–Trinajstić information content (AvgIpc) is 2.78. The minimum Gasteiger partial charge on any atom is -0.374 e. The molecule has 0 aromatic heterocycles. The van der Waals surface area contributed by atoms with E-state index in [1.807, 2.05) is 18.2 Å². The highest BCUT2D eigenvalue weighted by atomic mass is 19.3. The highest BCUT2D eigenvalue weighted by Gasteiger charge is 2.34. The molecule has 0 saturated carbocycles. The van der Waals surface area contributed by atoms with E-state index in [1.165, 1.54) is 11.1 Å². The third-order valence-corrected chi connectivity index (χ3v) is 6.91. The summed E-state index contributed by atoms with van der Waals surface area (Å²) in [5.74, 6) is 0. The van der Waals surface area contributed by atoms with E-state index in [2.05, 4.69) is 56.5 Å². The van der Waals surface area contributed by atoms with Gasteiger partial charge in [-0.2, -0.15) is 0 Å². The topological polar surface area (TPSA) is 12.5 Å². The highest BCUT2D eigenvalue weighted by Crippen LogP contribution is 2.41. The monoisotopic (exact) mass is 441 g/mol. The summed E-state index contributed by atoms with van der Waals surface area (Å²) in [4.78, 5) is 2.28. The summed E-state index contributed by atoms with van der Waals surface area (Å²) in [6.07, 6.45) is 1.94. The lowest BCUT2D eigenvalue weighted by Gasteiger charge is -2.43. The number of likely N-dealkylation sites (tertiary alicyclic amines) is 1. The Morgan fingerprint density at radius 1 is 1.00 bits per heavy atom. The van der Waals surface area contributed by atoms with Gasteiger partial charge in [-0.25, -0.2) is 8.78 Å². The van der Waals surface area contributed by atoms with Gasteiger partial charge < -0.3 is 9.64 Å². The summed E-state index contributed by atoms with van der Waals surface area (Å²) in [6, 6.07) is 16.1. The Kier molecular flexibility index (Phi) is 8.47. The SMILES string of the molecule is C=C(c1ccccc1CC(F)F)N1CCC(CC)(Cc2ccccc2COC(C)C)CC1. The van der Waals surface area contributed by atoms with Crippen LogP contribution in [0.3, 0.4) is 0 Å². The van der Waals surface area contributed by atoms with Crippen LogP contribution >= 0.6 is 0 Å². The van der Waals surface area contributed by atoms with Crippen molar-refractivity contribution in [2.24, 2.45) is 5.41 Å². The summed E-state index contributed by atoms with van der Waals surface area (Å²) in [5, 5.41) is 0. The van der Waals surface area contributed by atoms with Gasteiger partial charge in [0.2, 0.25) is 6.43 Å². The Morgan fingerprint density at radius 3 is 2.19 bits per heavy atom. The molecule has 1 fully saturated rings. The van der Waals surface area contributed by atoms with Crippen molar-refractivity contribution < 1.29 is 13.5 Å². The maximum absolute atomic E-state index is 13.0. The second-order valence-electron chi connectivity index (χ2n) is 9.34. The Bertz CT molecular complexity index is 885. The first-order chi connectivity index (χ1) is 15.3. The van der Waals surface area contributed by atoms with Gasteiger partial charge >= 0.3 is 0 Å². The standard InChI is InChI=1S/C28H37F2NO/c1-5-28(19-24-11-6-7-12-25(24)20-32-21(2)3)14-16-31(17-15-28)22(4)26-13-9-8-10-23(26)18-27(29)30/h6-13,21,27H,4-5,14-20H2,1-3H3. The van der Waals surface area contributed by atoms with Crippen LogP contribution in [0.2, 0.25) is 0 Å². The number of halogens is 2. The van der Waals surface area contributed by atoms with Gasteiger partial charge in [-0.1, -0.05) is 68.5 Å². The van der Waals surface area contributed by atoms with Gasteiger partial charge in [0.25, 0.3) is 0 Å². The molecule has 0 amide bonds. The second kappa shape index (κ2) is 11.1. The van der Waals surface area contributed by atoms with Crippen molar-refractivity contribution in [2.75, 3.05) is 13.1 Å². The normalized spacial score (nSPS) is 16.0. The van der Waals surface area contributed by atoms with Gasteiger partial charge in [-0.15, -0.1) is 0 Å². The molecule has 2 aromatic carbocycles.